The molecule has 0 spiro atoms. The summed E-state index contributed by atoms with van der Waals surface area (Å²) in [5.41, 5.74) is 1.94. The smallest absolute Gasteiger partial charge is 0.331 e. The first-order chi connectivity index (χ1) is 15.5. The number of benzene rings is 1. The van der Waals surface area contributed by atoms with Crippen LogP contribution in [-0.2, 0) is 13.6 Å². The van der Waals surface area contributed by atoms with Crippen molar-refractivity contribution in [2.24, 2.45) is 5.92 Å². The molecule has 1 aliphatic rings. The number of fused-ring (bicyclic) bond motifs is 1. The van der Waals surface area contributed by atoms with Crippen molar-refractivity contribution in [3.8, 4) is 5.82 Å². The summed E-state index contributed by atoms with van der Waals surface area (Å²) >= 11 is 0. The lowest BCUT2D eigenvalue weighted by Gasteiger charge is -2.36. The van der Waals surface area contributed by atoms with Crippen molar-refractivity contribution in [1.82, 2.24) is 24.4 Å². The summed E-state index contributed by atoms with van der Waals surface area (Å²) in [7, 11) is -0.0970. The SMILES string of the molecule is COP(=O)(CCN1CCCC(C(C)Nc2nccc(-n3cnc4ccccc43)n2)C1)OC. The van der Waals surface area contributed by atoms with Crippen LogP contribution in [0.2, 0.25) is 0 Å². The lowest BCUT2D eigenvalue weighted by atomic mass is 9.91. The number of hydrogen-bond acceptors (Lipinski definition) is 8. The molecule has 2 atom stereocenters. The van der Waals surface area contributed by atoms with Gasteiger partial charge >= 0.3 is 7.60 Å². The minimum atomic E-state index is -2.98. The molecule has 1 saturated heterocycles. The molecule has 0 saturated carbocycles. The van der Waals surface area contributed by atoms with Crippen LogP contribution >= 0.6 is 7.60 Å². The highest BCUT2D eigenvalue weighted by Crippen LogP contribution is 2.46. The van der Waals surface area contributed by atoms with Crippen LogP contribution in [0.1, 0.15) is 19.8 Å². The van der Waals surface area contributed by atoms with Crippen molar-refractivity contribution in [2.75, 3.05) is 45.3 Å². The fourth-order valence-electron chi connectivity index (χ4n) is 4.24. The molecule has 1 aliphatic heterocycles. The number of likely N-dealkylation sites (tertiary alicyclic amines) is 1. The summed E-state index contributed by atoms with van der Waals surface area (Å²) < 4.78 is 24.5. The molecule has 0 amide bonds. The maximum atomic E-state index is 12.4. The lowest BCUT2D eigenvalue weighted by Crippen LogP contribution is -2.43. The van der Waals surface area contributed by atoms with Gasteiger partial charge in [-0.2, -0.15) is 4.98 Å². The molecule has 9 nitrogen and oxygen atoms in total. The van der Waals surface area contributed by atoms with Gasteiger partial charge in [0.1, 0.15) is 12.1 Å². The standard InChI is InChI=1S/C22H31N6O3P/c1-17(18-7-6-12-27(15-18)13-14-32(29,30-2)31-3)25-22-23-11-10-21(26-22)28-16-24-19-8-4-5-9-20(19)28/h4-5,8-11,16-18H,6-7,12-15H2,1-3H3,(H,23,25,26). The average molecular weight is 459 g/mol. The van der Waals surface area contributed by atoms with Crippen LogP contribution in [-0.4, -0.2) is 70.5 Å². The predicted octanol–water partition coefficient (Wildman–Crippen LogP) is 3.81. The Morgan fingerprint density at radius 2 is 2.03 bits per heavy atom. The van der Waals surface area contributed by atoms with E-state index >= 15 is 0 Å². The average Bonchev–Trinajstić information content (AvgIpc) is 3.27. The van der Waals surface area contributed by atoms with Gasteiger partial charge < -0.3 is 19.3 Å². The van der Waals surface area contributed by atoms with Gasteiger partial charge in [-0.25, -0.2) is 9.97 Å². The fraction of sp³-hybridized carbons (Fsp3) is 0.500. The Bertz CT molecular complexity index is 1080. The summed E-state index contributed by atoms with van der Waals surface area (Å²) in [4.78, 5) is 16.0. The number of imidazole rings is 1. The minimum Gasteiger partial charge on any atom is -0.351 e. The molecular formula is C22H31N6O3P. The van der Waals surface area contributed by atoms with E-state index in [0.29, 0.717) is 24.6 Å². The van der Waals surface area contributed by atoms with Gasteiger partial charge in [-0.15, -0.1) is 0 Å². The van der Waals surface area contributed by atoms with E-state index in [4.69, 9.17) is 14.0 Å². The van der Waals surface area contributed by atoms with Gasteiger partial charge in [0.05, 0.1) is 17.2 Å². The minimum absolute atomic E-state index is 0.198. The number of nitrogens with zero attached hydrogens (tertiary/aromatic N) is 5. The lowest BCUT2D eigenvalue weighted by molar-refractivity contribution is 0.169. The van der Waals surface area contributed by atoms with Crippen LogP contribution < -0.4 is 5.32 Å². The third-order valence-electron chi connectivity index (χ3n) is 6.19. The fourth-order valence-corrected chi connectivity index (χ4v) is 5.28. The highest BCUT2D eigenvalue weighted by atomic mass is 31.2. The first kappa shape index (κ1) is 22.9. The van der Waals surface area contributed by atoms with Crippen molar-refractivity contribution >= 4 is 24.6 Å². The second-order valence-electron chi connectivity index (χ2n) is 8.18. The molecule has 3 heterocycles. The second-order valence-corrected chi connectivity index (χ2v) is 10.6. The Kier molecular flexibility index (Phi) is 7.20. The third-order valence-corrected chi connectivity index (χ3v) is 8.05. The van der Waals surface area contributed by atoms with Crippen LogP contribution in [0, 0.1) is 5.92 Å². The molecule has 1 fully saturated rings. The van der Waals surface area contributed by atoms with Crippen molar-refractivity contribution in [3.05, 3.63) is 42.9 Å². The van der Waals surface area contributed by atoms with E-state index in [1.165, 1.54) is 14.2 Å². The first-order valence-corrected chi connectivity index (χ1v) is 12.7. The number of hydrogen-bond donors (Lipinski definition) is 1. The van der Waals surface area contributed by atoms with E-state index in [0.717, 1.165) is 42.8 Å². The molecule has 2 aromatic heterocycles. The van der Waals surface area contributed by atoms with E-state index in [-0.39, 0.29) is 6.04 Å². The topological polar surface area (TPSA) is 94.4 Å². The van der Waals surface area contributed by atoms with E-state index < -0.39 is 7.60 Å². The summed E-state index contributed by atoms with van der Waals surface area (Å²) in [6.45, 7) is 4.79. The largest absolute Gasteiger partial charge is 0.351 e. The quantitative estimate of drug-likeness (QED) is 0.484. The van der Waals surface area contributed by atoms with Gasteiger partial charge in [0.2, 0.25) is 5.95 Å². The Morgan fingerprint density at radius 3 is 2.84 bits per heavy atom. The molecule has 1 aromatic carbocycles. The maximum Gasteiger partial charge on any atom is 0.331 e. The molecule has 0 aliphatic carbocycles. The Morgan fingerprint density at radius 1 is 1.22 bits per heavy atom. The summed E-state index contributed by atoms with van der Waals surface area (Å²) in [6, 6.07) is 10.1. The number of aromatic nitrogens is 4. The van der Waals surface area contributed by atoms with E-state index in [9.17, 15) is 4.57 Å². The van der Waals surface area contributed by atoms with Crippen molar-refractivity contribution in [1.29, 1.82) is 0 Å². The molecule has 1 N–H and O–H groups in total. The monoisotopic (exact) mass is 458 g/mol. The second kappa shape index (κ2) is 10.1. The van der Waals surface area contributed by atoms with Crippen LogP contribution in [0.25, 0.3) is 16.9 Å². The molecule has 0 bridgehead atoms. The Hall–Kier alpha value is -2.32. The highest BCUT2D eigenvalue weighted by Gasteiger charge is 2.28. The van der Waals surface area contributed by atoms with Gasteiger partial charge in [-0.05, 0) is 50.4 Å². The van der Waals surface area contributed by atoms with Gasteiger partial charge in [-0.1, -0.05) is 12.1 Å². The van der Waals surface area contributed by atoms with E-state index in [1.807, 2.05) is 34.9 Å². The van der Waals surface area contributed by atoms with Crippen LogP contribution in [0.5, 0.6) is 0 Å². The summed E-state index contributed by atoms with van der Waals surface area (Å²) in [5, 5.41) is 3.49. The molecule has 10 heteroatoms. The molecule has 0 radical (unpaired) electrons. The zero-order valence-electron chi connectivity index (χ0n) is 18.8. The van der Waals surface area contributed by atoms with E-state index in [2.05, 4.69) is 27.1 Å². The van der Waals surface area contributed by atoms with Crippen molar-refractivity contribution in [3.63, 3.8) is 0 Å². The van der Waals surface area contributed by atoms with Crippen LogP contribution in [0.3, 0.4) is 0 Å². The molecule has 4 rings (SSSR count). The van der Waals surface area contributed by atoms with Crippen molar-refractivity contribution < 1.29 is 13.6 Å². The normalized spacial score (nSPS) is 18.7. The Labute approximate surface area is 188 Å². The molecular weight excluding hydrogens is 427 g/mol. The number of piperidine rings is 1. The molecule has 2 unspecified atom stereocenters. The number of anilines is 1. The first-order valence-electron chi connectivity index (χ1n) is 11.0. The number of rotatable bonds is 9. The number of para-hydroxylation sites is 2. The zero-order valence-corrected chi connectivity index (χ0v) is 19.7. The third kappa shape index (κ3) is 5.18. The summed E-state index contributed by atoms with van der Waals surface area (Å²) in [5.74, 6) is 1.83. The number of nitrogens with one attached hydrogen (secondary N) is 1. The van der Waals surface area contributed by atoms with Crippen LogP contribution in [0.15, 0.2) is 42.9 Å². The van der Waals surface area contributed by atoms with Gasteiger partial charge in [0, 0.05) is 39.5 Å². The zero-order chi connectivity index (χ0) is 22.6. The molecule has 172 valence electrons. The summed E-state index contributed by atoms with van der Waals surface area (Å²) in [6.07, 6.45) is 6.19. The molecule has 32 heavy (non-hydrogen) atoms. The van der Waals surface area contributed by atoms with Gasteiger partial charge in [-0.3, -0.25) is 9.13 Å². The molecule has 3 aromatic rings. The van der Waals surface area contributed by atoms with Crippen LogP contribution in [0.4, 0.5) is 5.95 Å². The van der Waals surface area contributed by atoms with Crippen molar-refractivity contribution in [2.45, 2.75) is 25.8 Å². The van der Waals surface area contributed by atoms with Gasteiger partial charge in [0.15, 0.2) is 0 Å². The highest BCUT2D eigenvalue weighted by molar-refractivity contribution is 7.53. The van der Waals surface area contributed by atoms with Gasteiger partial charge in [0.25, 0.3) is 0 Å². The maximum absolute atomic E-state index is 12.4. The predicted molar refractivity (Wildman–Crippen MR) is 125 cm³/mol. The van der Waals surface area contributed by atoms with E-state index in [1.54, 1.807) is 12.5 Å². The Balaban J connectivity index is 1.40.